The summed E-state index contributed by atoms with van der Waals surface area (Å²) in [5, 5.41) is 0.630. The minimum atomic E-state index is -3.58. The van der Waals surface area contributed by atoms with Crippen molar-refractivity contribution in [1.29, 1.82) is 0 Å². The molecule has 0 amide bonds. The number of carbonyl (C=O) groups excluding carboxylic acids is 1. The summed E-state index contributed by atoms with van der Waals surface area (Å²) in [5.74, 6) is 0.508. The van der Waals surface area contributed by atoms with Gasteiger partial charge in [-0.3, -0.25) is 0 Å². The van der Waals surface area contributed by atoms with Crippen LogP contribution in [0.15, 0.2) is 37.2 Å². The Morgan fingerprint density at radius 2 is 1.97 bits per heavy atom. The zero-order valence-corrected chi connectivity index (χ0v) is 19.9. The lowest BCUT2D eigenvalue weighted by Gasteiger charge is -2.10. The van der Waals surface area contributed by atoms with Crippen molar-refractivity contribution in [3.63, 3.8) is 0 Å². The van der Waals surface area contributed by atoms with Gasteiger partial charge in [0.25, 0.3) is 5.22 Å². The van der Waals surface area contributed by atoms with Gasteiger partial charge in [0, 0.05) is 14.1 Å². The Bertz CT molecular complexity index is 1480. The molecule has 0 spiro atoms. The van der Waals surface area contributed by atoms with E-state index in [1.807, 2.05) is 0 Å². The van der Waals surface area contributed by atoms with Crippen LogP contribution in [0.25, 0.3) is 22.2 Å². The molecule has 0 saturated carbocycles. The number of furan rings is 1. The Balaban J connectivity index is 1.59. The van der Waals surface area contributed by atoms with Gasteiger partial charge in [0.1, 0.15) is 28.5 Å². The number of fused-ring (bicyclic) bond motifs is 2. The van der Waals surface area contributed by atoms with Gasteiger partial charge in [0.05, 0.1) is 22.6 Å². The van der Waals surface area contributed by atoms with Gasteiger partial charge in [-0.15, -0.1) is 0 Å². The average molecular weight is 492 g/mol. The molecule has 0 saturated heterocycles. The predicted octanol–water partition coefficient (Wildman–Crippen LogP) is 2.97. The van der Waals surface area contributed by atoms with Crippen molar-refractivity contribution < 1.29 is 26.8 Å². The van der Waals surface area contributed by atoms with E-state index in [1.165, 1.54) is 38.0 Å². The van der Waals surface area contributed by atoms with Crippen LogP contribution >= 0.6 is 11.8 Å². The van der Waals surface area contributed by atoms with Crippen molar-refractivity contribution in [2.45, 2.75) is 29.7 Å². The molecule has 0 radical (unpaired) electrons. The maximum atomic E-state index is 12.3. The molecule has 0 aliphatic rings. The van der Waals surface area contributed by atoms with Gasteiger partial charge in [0.15, 0.2) is 5.58 Å². The number of benzene rings is 1. The zero-order valence-electron chi connectivity index (χ0n) is 18.3. The van der Waals surface area contributed by atoms with Crippen LogP contribution < -0.4 is 5.73 Å². The fraction of sp³-hybridized carbons (Fsp3) is 0.300. The molecule has 13 heteroatoms. The average Bonchev–Trinajstić information content (AvgIpc) is 3.31. The van der Waals surface area contributed by atoms with Gasteiger partial charge < -0.3 is 19.3 Å². The smallest absolute Gasteiger partial charge is 0.342 e. The summed E-state index contributed by atoms with van der Waals surface area (Å²) in [5.41, 5.74) is 7.36. The van der Waals surface area contributed by atoms with E-state index >= 15 is 0 Å². The molecule has 2 N–H and O–H groups in total. The van der Waals surface area contributed by atoms with E-state index in [0.717, 1.165) is 4.31 Å². The molecule has 11 nitrogen and oxygen atoms in total. The van der Waals surface area contributed by atoms with E-state index < -0.39 is 16.0 Å². The van der Waals surface area contributed by atoms with Gasteiger partial charge in [-0.05, 0) is 32.0 Å². The monoisotopic (exact) mass is 491 g/mol. The molecule has 0 bridgehead atoms. The van der Waals surface area contributed by atoms with E-state index in [-0.39, 0.29) is 34.4 Å². The Hall–Kier alpha value is -3.16. The SMILES string of the molecule is CCOC(=O)c1c(C)oc2nc(CSc3nc4cc(S(=O)(=O)N(C)C)ccc4o3)nc(N)c12. The highest BCUT2D eigenvalue weighted by Gasteiger charge is 2.24. The molecule has 0 atom stereocenters. The molecule has 33 heavy (non-hydrogen) atoms. The second-order valence-corrected chi connectivity index (χ2v) is 10.2. The Morgan fingerprint density at radius 1 is 1.21 bits per heavy atom. The van der Waals surface area contributed by atoms with Crippen molar-refractivity contribution >= 4 is 55.8 Å². The lowest BCUT2D eigenvalue weighted by molar-refractivity contribution is 0.0526. The fourth-order valence-electron chi connectivity index (χ4n) is 3.14. The predicted molar refractivity (Wildman–Crippen MR) is 121 cm³/mol. The highest BCUT2D eigenvalue weighted by molar-refractivity contribution is 7.98. The van der Waals surface area contributed by atoms with Crippen molar-refractivity contribution in [3.05, 3.63) is 35.3 Å². The van der Waals surface area contributed by atoms with Crippen LogP contribution in [0.2, 0.25) is 0 Å². The molecule has 3 aromatic heterocycles. The minimum Gasteiger partial charge on any atom is -0.462 e. The second kappa shape index (κ2) is 8.65. The number of nitrogen functional groups attached to an aromatic ring is 1. The number of rotatable bonds is 7. The first-order valence-corrected chi connectivity index (χ1v) is 12.2. The van der Waals surface area contributed by atoms with Crippen molar-refractivity contribution in [2.24, 2.45) is 0 Å². The van der Waals surface area contributed by atoms with E-state index in [2.05, 4.69) is 15.0 Å². The quantitative estimate of drug-likeness (QED) is 0.299. The second-order valence-electron chi connectivity index (χ2n) is 7.14. The van der Waals surface area contributed by atoms with Gasteiger partial charge in [-0.2, -0.15) is 4.98 Å². The third-order valence-corrected chi connectivity index (χ3v) is 7.36. The Morgan fingerprint density at radius 3 is 2.67 bits per heavy atom. The van der Waals surface area contributed by atoms with Crippen LogP contribution in [0.1, 0.15) is 28.9 Å². The summed E-state index contributed by atoms with van der Waals surface area (Å²) in [6.07, 6.45) is 0. The summed E-state index contributed by atoms with van der Waals surface area (Å²) >= 11 is 1.21. The van der Waals surface area contributed by atoms with Crippen LogP contribution in [-0.2, 0) is 20.5 Å². The first-order valence-electron chi connectivity index (χ1n) is 9.80. The largest absolute Gasteiger partial charge is 0.462 e. The first-order chi connectivity index (χ1) is 15.6. The summed E-state index contributed by atoms with van der Waals surface area (Å²) < 4.78 is 42.2. The molecular weight excluding hydrogens is 470 g/mol. The number of oxazole rings is 1. The van der Waals surface area contributed by atoms with Crippen LogP contribution in [-0.4, -0.2) is 54.3 Å². The topological polar surface area (TPSA) is 155 Å². The number of aromatic nitrogens is 3. The van der Waals surface area contributed by atoms with Crippen molar-refractivity contribution in [3.8, 4) is 0 Å². The van der Waals surface area contributed by atoms with Crippen molar-refractivity contribution in [2.75, 3.05) is 26.4 Å². The number of carbonyl (C=O) groups is 1. The molecule has 0 fully saturated rings. The van der Waals surface area contributed by atoms with Crippen molar-refractivity contribution in [1.82, 2.24) is 19.3 Å². The third-order valence-electron chi connectivity index (χ3n) is 4.72. The lowest BCUT2D eigenvalue weighted by Crippen LogP contribution is -2.22. The van der Waals surface area contributed by atoms with E-state index in [4.69, 9.17) is 19.3 Å². The molecule has 3 heterocycles. The maximum Gasteiger partial charge on any atom is 0.342 e. The number of aryl methyl sites for hydroxylation is 1. The van der Waals surface area contributed by atoms with Crippen LogP contribution in [0.3, 0.4) is 0 Å². The van der Waals surface area contributed by atoms with E-state index in [9.17, 15) is 13.2 Å². The lowest BCUT2D eigenvalue weighted by atomic mass is 10.2. The van der Waals surface area contributed by atoms with E-state index in [1.54, 1.807) is 19.9 Å². The minimum absolute atomic E-state index is 0.103. The maximum absolute atomic E-state index is 12.3. The van der Waals surface area contributed by atoms with Gasteiger partial charge in [0.2, 0.25) is 15.7 Å². The number of nitrogens with two attached hydrogens (primary N) is 1. The fourth-order valence-corrected chi connectivity index (χ4v) is 4.76. The number of hydrogen-bond donors (Lipinski definition) is 1. The van der Waals surface area contributed by atoms with Crippen LogP contribution in [0.4, 0.5) is 5.82 Å². The number of nitrogens with zero attached hydrogens (tertiary/aromatic N) is 4. The number of esters is 1. The number of ether oxygens (including phenoxy) is 1. The summed E-state index contributed by atoms with van der Waals surface area (Å²) in [6.45, 7) is 3.55. The number of hydrogen-bond acceptors (Lipinski definition) is 11. The summed E-state index contributed by atoms with van der Waals surface area (Å²) in [7, 11) is -0.662. The number of anilines is 1. The zero-order chi connectivity index (χ0) is 23.9. The molecule has 4 aromatic rings. The molecule has 0 aliphatic carbocycles. The highest BCUT2D eigenvalue weighted by Crippen LogP contribution is 2.31. The van der Waals surface area contributed by atoms with Crippen LogP contribution in [0.5, 0.6) is 0 Å². The third kappa shape index (κ3) is 4.26. The molecule has 0 aliphatic heterocycles. The standard InChI is InChI=1S/C20H21N5O6S2/c1-5-29-19(26)15-10(2)30-18-16(15)17(21)23-14(24-18)9-32-20-22-12-8-11(6-7-13(12)31-20)33(27,28)25(3)4/h6-8H,5,9H2,1-4H3,(H2,21,23,24). The molecule has 1 aromatic carbocycles. The van der Waals surface area contributed by atoms with Crippen LogP contribution in [0, 0.1) is 6.92 Å². The molecule has 174 valence electrons. The molecule has 0 unspecified atom stereocenters. The molecular formula is C20H21N5O6S2. The summed E-state index contributed by atoms with van der Waals surface area (Å²) in [4.78, 5) is 25.3. The summed E-state index contributed by atoms with van der Waals surface area (Å²) in [6, 6.07) is 4.49. The van der Waals surface area contributed by atoms with Gasteiger partial charge in [-0.1, -0.05) is 11.8 Å². The number of thioether (sulfide) groups is 1. The first kappa shape index (κ1) is 23.0. The Kier molecular flexibility index (Phi) is 6.03. The normalized spacial score (nSPS) is 12.2. The van der Waals surface area contributed by atoms with E-state index in [0.29, 0.717) is 33.3 Å². The highest BCUT2D eigenvalue weighted by atomic mass is 32.2. The number of sulfonamides is 1. The van der Waals surface area contributed by atoms with Gasteiger partial charge >= 0.3 is 5.97 Å². The Labute approximate surface area is 193 Å². The molecule has 4 rings (SSSR count). The van der Waals surface area contributed by atoms with Gasteiger partial charge in [-0.25, -0.2) is 27.5 Å².